The van der Waals surface area contributed by atoms with Crippen molar-refractivity contribution < 1.29 is 4.79 Å². The number of amides is 1. The van der Waals surface area contributed by atoms with Gasteiger partial charge >= 0.3 is 0 Å². The molecule has 4 nitrogen and oxygen atoms in total. The second-order valence-electron chi connectivity index (χ2n) is 8.22. The van der Waals surface area contributed by atoms with Gasteiger partial charge in [-0.2, -0.15) is 0 Å². The zero-order valence-electron chi connectivity index (χ0n) is 16.4. The van der Waals surface area contributed by atoms with Crippen molar-refractivity contribution in [1.29, 1.82) is 5.41 Å². The minimum absolute atomic E-state index is 0.102. The second-order valence-corrected chi connectivity index (χ2v) is 8.66. The van der Waals surface area contributed by atoms with Crippen molar-refractivity contribution in [3.8, 4) is 11.1 Å². The number of carbonyl (C=O) groups is 1. The normalized spacial score (nSPS) is 22.4. The third-order valence-corrected chi connectivity index (χ3v) is 6.21. The molecule has 5 heteroatoms. The lowest BCUT2D eigenvalue weighted by atomic mass is 9.74. The number of hydrogen-bond donors (Lipinski definition) is 1. The fraction of sp³-hybridized carbons (Fsp3) is 0.391. The van der Waals surface area contributed by atoms with Gasteiger partial charge < -0.3 is 4.90 Å². The summed E-state index contributed by atoms with van der Waals surface area (Å²) < 4.78 is 0. The van der Waals surface area contributed by atoms with E-state index < -0.39 is 5.41 Å². The van der Waals surface area contributed by atoms with Gasteiger partial charge in [-0.15, -0.1) is 0 Å². The Bertz CT molecular complexity index is 922. The lowest BCUT2D eigenvalue weighted by Crippen LogP contribution is -2.42. The molecule has 1 amide bonds. The lowest BCUT2D eigenvalue weighted by molar-refractivity contribution is -0.131. The summed E-state index contributed by atoms with van der Waals surface area (Å²) in [6, 6.07) is 16.1. The van der Waals surface area contributed by atoms with Crippen LogP contribution in [-0.2, 0) is 10.2 Å². The Morgan fingerprint density at radius 1 is 1.14 bits per heavy atom. The van der Waals surface area contributed by atoms with Gasteiger partial charge in [-0.3, -0.25) is 15.1 Å². The van der Waals surface area contributed by atoms with Gasteiger partial charge in [0, 0.05) is 24.5 Å². The lowest BCUT2D eigenvalue weighted by Gasteiger charge is -2.28. The predicted octanol–water partition coefficient (Wildman–Crippen LogP) is 4.43. The van der Waals surface area contributed by atoms with Crippen LogP contribution >= 0.6 is 11.6 Å². The summed E-state index contributed by atoms with van der Waals surface area (Å²) in [6.45, 7) is 1.34. The van der Waals surface area contributed by atoms with E-state index in [1.807, 2.05) is 44.4 Å². The van der Waals surface area contributed by atoms with Crippen molar-refractivity contribution in [3.63, 3.8) is 0 Å². The minimum Gasteiger partial charge on any atom is -0.308 e. The third kappa shape index (κ3) is 3.36. The highest BCUT2D eigenvalue weighted by molar-refractivity contribution is 6.30. The molecule has 2 aromatic carbocycles. The summed E-state index contributed by atoms with van der Waals surface area (Å²) in [5, 5.41) is 9.22. The van der Waals surface area contributed by atoms with Crippen LogP contribution in [-0.4, -0.2) is 48.7 Å². The Balaban J connectivity index is 1.72. The minimum atomic E-state index is -0.585. The van der Waals surface area contributed by atoms with Gasteiger partial charge in [-0.1, -0.05) is 48.0 Å². The average Bonchev–Trinajstić information content (AvgIpc) is 3.48. The SMILES string of the molecule is CN(C)CCN1C(=N)CC(c2cccc(-c3cccc(Cl)c3)c2)(C2CC2)C1=O. The molecular formula is C23H26ClN3O. The first-order valence-corrected chi connectivity index (χ1v) is 10.2. The fourth-order valence-electron chi connectivity index (χ4n) is 4.34. The van der Waals surface area contributed by atoms with Crippen LogP contribution in [0.2, 0.25) is 5.02 Å². The number of nitrogens with zero attached hydrogens (tertiary/aromatic N) is 2. The molecule has 2 fully saturated rings. The van der Waals surface area contributed by atoms with Crippen LogP contribution in [0, 0.1) is 11.3 Å². The molecule has 1 unspecified atom stereocenters. The molecule has 0 bridgehead atoms. The van der Waals surface area contributed by atoms with Crippen LogP contribution in [0.25, 0.3) is 11.1 Å². The first-order chi connectivity index (χ1) is 13.4. The quantitative estimate of drug-likeness (QED) is 0.786. The van der Waals surface area contributed by atoms with Crippen molar-refractivity contribution in [3.05, 3.63) is 59.1 Å². The van der Waals surface area contributed by atoms with Gasteiger partial charge in [0.15, 0.2) is 0 Å². The largest absolute Gasteiger partial charge is 0.308 e. The molecule has 0 spiro atoms. The van der Waals surface area contributed by atoms with Crippen LogP contribution in [0.4, 0.5) is 0 Å². The first-order valence-electron chi connectivity index (χ1n) is 9.82. The predicted molar refractivity (Wildman–Crippen MR) is 114 cm³/mol. The van der Waals surface area contributed by atoms with Crippen LogP contribution in [0.3, 0.4) is 0 Å². The maximum absolute atomic E-state index is 13.6. The molecule has 1 aliphatic heterocycles. The Labute approximate surface area is 171 Å². The number of nitrogens with one attached hydrogen (secondary N) is 1. The van der Waals surface area contributed by atoms with E-state index in [9.17, 15) is 4.79 Å². The fourth-order valence-corrected chi connectivity index (χ4v) is 4.53. The third-order valence-electron chi connectivity index (χ3n) is 5.98. The number of likely N-dealkylation sites (tertiary alicyclic amines) is 1. The zero-order valence-corrected chi connectivity index (χ0v) is 17.2. The molecular weight excluding hydrogens is 370 g/mol. The van der Waals surface area contributed by atoms with E-state index in [0.29, 0.717) is 29.7 Å². The summed E-state index contributed by atoms with van der Waals surface area (Å²) in [7, 11) is 3.99. The van der Waals surface area contributed by atoms with Crippen molar-refractivity contribution in [2.45, 2.75) is 24.7 Å². The van der Waals surface area contributed by atoms with Gasteiger partial charge in [0.05, 0.1) is 5.41 Å². The molecule has 1 saturated heterocycles. The molecule has 1 atom stereocenters. The smallest absolute Gasteiger partial charge is 0.239 e. The van der Waals surface area contributed by atoms with E-state index >= 15 is 0 Å². The number of hydrogen-bond acceptors (Lipinski definition) is 3. The van der Waals surface area contributed by atoms with Crippen LogP contribution in [0.1, 0.15) is 24.8 Å². The Morgan fingerprint density at radius 3 is 2.46 bits per heavy atom. The molecule has 1 heterocycles. The highest BCUT2D eigenvalue weighted by atomic mass is 35.5. The van der Waals surface area contributed by atoms with Gasteiger partial charge in [0.25, 0.3) is 0 Å². The van der Waals surface area contributed by atoms with Gasteiger partial charge in [0.1, 0.15) is 5.84 Å². The second kappa shape index (κ2) is 7.34. The summed E-state index contributed by atoms with van der Waals surface area (Å²) in [5.41, 5.74) is 2.56. The molecule has 4 rings (SSSR count). The van der Waals surface area contributed by atoms with E-state index in [1.54, 1.807) is 4.90 Å². The first kappa shape index (κ1) is 19.2. The molecule has 2 aromatic rings. The number of rotatable bonds is 6. The average molecular weight is 396 g/mol. The van der Waals surface area contributed by atoms with Crippen molar-refractivity contribution in [1.82, 2.24) is 9.80 Å². The highest BCUT2D eigenvalue weighted by Gasteiger charge is 2.58. The molecule has 28 heavy (non-hydrogen) atoms. The summed E-state index contributed by atoms with van der Waals surface area (Å²) in [6.07, 6.45) is 2.62. The van der Waals surface area contributed by atoms with Gasteiger partial charge in [0.2, 0.25) is 5.91 Å². The highest BCUT2D eigenvalue weighted by Crippen LogP contribution is 2.53. The Kier molecular flexibility index (Phi) is 5.02. The van der Waals surface area contributed by atoms with Crippen LogP contribution < -0.4 is 0 Å². The Hall–Kier alpha value is -2.17. The topological polar surface area (TPSA) is 47.4 Å². The maximum atomic E-state index is 13.6. The maximum Gasteiger partial charge on any atom is 0.239 e. The number of likely N-dealkylation sites (N-methyl/N-ethyl adjacent to an activating group) is 1. The summed E-state index contributed by atoms with van der Waals surface area (Å²) in [5.74, 6) is 0.885. The van der Waals surface area contributed by atoms with E-state index in [1.165, 1.54) is 0 Å². The monoisotopic (exact) mass is 395 g/mol. The van der Waals surface area contributed by atoms with Crippen molar-refractivity contribution in [2.75, 3.05) is 27.2 Å². The molecule has 0 radical (unpaired) electrons. The van der Waals surface area contributed by atoms with Gasteiger partial charge in [-0.25, -0.2) is 0 Å². The standard InChI is InChI=1S/C23H26ClN3O/c1-26(2)11-12-27-21(25)15-23(22(27)28,18-9-10-18)19-7-3-5-16(13-19)17-6-4-8-20(24)14-17/h3-8,13-14,18,25H,9-12,15H2,1-2H3. The van der Waals surface area contributed by atoms with E-state index in [2.05, 4.69) is 23.1 Å². The van der Waals surface area contributed by atoms with E-state index in [4.69, 9.17) is 17.0 Å². The number of amidine groups is 1. The van der Waals surface area contributed by atoms with Crippen LogP contribution in [0.5, 0.6) is 0 Å². The van der Waals surface area contributed by atoms with Gasteiger partial charge in [-0.05, 0) is 61.7 Å². The number of carbonyl (C=O) groups excluding carboxylic acids is 1. The molecule has 1 N–H and O–H groups in total. The molecule has 1 aliphatic carbocycles. The van der Waals surface area contributed by atoms with Crippen molar-refractivity contribution in [2.24, 2.45) is 5.92 Å². The van der Waals surface area contributed by atoms with Crippen LogP contribution in [0.15, 0.2) is 48.5 Å². The molecule has 2 aliphatic rings. The molecule has 1 saturated carbocycles. The summed E-state index contributed by atoms with van der Waals surface area (Å²) in [4.78, 5) is 17.3. The summed E-state index contributed by atoms with van der Waals surface area (Å²) >= 11 is 6.18. The number of benzene rings is 2. The molecule has 146 valence electrons. The van der Waals surface area contributed by atoms with E-state index in [-0.39, 0.29) is 5.91 Å². The molecule has 0 aromatic heterocycles. The van der Waals surface area contributed by atoms with E-state index in [0.717, 1.165) is 36.1 Å². The Morgan fingerprint density at radius 2 is 1.82 bits per heavy atom. The van der Waals surface area contributed by atoms with Crippen molar-refractivity contribution >= 4 is 23.3 Å². The zero-order chi connectivity index (χ0) is 19.9. The number of halogens is 1.